The van der Waals surface area contributed by atoms with Crippen molar-refractivity contribution in [2.24, 2.45) is 0 Å². The Kier molecular flexibility index (Phi) is 2.28. The number of nitrogens with zero attached hydrogens (tertiary/aromatic N) is 3. The summed E-state index contributed by atoms with van der Waals surface area (Å²) in [5.74, 6) is 0. The Balaban J connectivity index is 2.46. The third-order valence-corrected chi connectivity index (χ3v) is 2.11. The van der Waals surface area contributed by atoms with Gasteiger partial charge in [-0.05, 0) is 24.1 Å². The number of benzene rings is 1. The highest BCUT2D eigenvalue weighted by Crippen LogP contribution is 2.14. The highest BCUT2D eigenvalue weighted by molar-refractivity contribution is 5.41. The van der Waals surface area contributed by atoms with Gasteiger partial charge in [0.2, 0.25) is 0 Å². The predicted octanol–water partition coefficient (Wildman–Crippen LogP) is 1.07. The number of aliphatic hydroxyl groups is 1. The maximum Gasteiger partial charge on any atom is 0.138 e. The van der Waals surface area contributed by atoms with Crippen LogP contribution in [-0.4, -0.2) is 19.9 Å². The second-order valence-corrected chi connectivity index (χ2v) is 3.12. The summed E-state index contributed by atoms with van der Waals surface area (Å²) in [6.45, 7) is 2.05. The highest BCUT2D eigenvalue weighted by Gasteiger charge is 2.01. The molecule has 2 aromatic rings. The first-order chi connectivity index (χ1) is 6.81. The maximum atomic E-state index is 8.95. The van der Waals surface area contributed by atoms with Crippen LogP contribution >= 0.6 is 0 Å². The van der Waals surface area contributed by atoms with Crippen molar-refractivity contribution in [1.82, 2.24) is 14.8 Å². The van der Waals surface area contributed by atoms with E-state index in [9.17, 15) is 0 Å². The zero-order valence-electron chi connectivity index (χ0n) is 7.88. The largest absolute Gasteiger partial charge is 0.392 e. The van der Waals surface area contributed by atoms with Crippen LogP contribution in [0.4, 0.5) is 0 Å². The lowest BCUT2D eigenvalue weighted by Gasteiger charge is -2.06. The van der Waals surface area contributed by atoms with E-state index in [2.05, 4.69) is 10.1 Å². The van der Waals surface area contributed by atoms with E-state index in [1.54, 1.807) is 11.0 Å². The lowest BCUT2D eigenvalue weighted by atomic mass is 10.1. The van der Waals surface area contributed by atoms with Crippen molar-refractivity contribution in [3.63, 3.8) is 0 Å². The Morgan fingerprint density at radius 1 is 1.43 bits per heavy atom. The van der Waals surface area contributed by atoms with E-state index in [4.69, 9.17) is 5.11 Å². The molecular formula is C10H11N3O. The molecule has 0 fully saturated rings. The SMILES string of the molecule is Cc1cc(CO)ccc1-n1cncn1. The molecule has 1 aromatic carbocycles. The van der Waals surface area contributed by atoms with Crippen LogP contribution in [0.5, 0.6) is 0 Å². The molecule has 1 aromatic heterocycles. The standard InChI is InChI=1S/C10H11N3O/c1-8-4-9(5-14)2-3-10(8)13-7-11-6-12-13/h2-4,6-7,14H,5H2,1H3. The molecule has 0 unspecified atom stereocenters. The molecular weight excluding hydrogens is 178 g/mol. The lowest BCUT2D eigenvalue weighted by molar-refractivity contribution is 0.282. The number of hydrogen-bond acceptors (Lipinski definition) is 3. The fourth-order valence-corrected chi connectivity index (χ4v) is 1.41. The minimum atomic E-state index is 0.0679. The molecule has 1 N–H and O–H groups in total. The molecule has 0 bridgehead atoms. The summed E-state index contributed by atoms with van der Waals surface area (Å²) in [6, 6.07) is 5.75. The van der Waals surface area contributed by atoms with Crippen LogP contribution in [-0.2, 0) is 6.61 Å². The smallest absolute Gasteiger partial charge is 0.138 e. The summed E-state index contributed by atoms with van der Waals surface area (Å²) in [4.78, 5) is 3.88. The van der Waals surface area contributed by atoms with Crippen LogP contribution in [0.15, 0.2) is 30.9 Å². The molecule has 72 valence electrons. The summed E-state index contributed by atoms with van der Waals surface area (Å²) >= 11 is 0. The fraction of sp³-hybridized carbons (Fsp3) is 0.200. The number of aliphatic hydroxyl groups excluding tert-OH is 1. The zero-order valence-corrected chi connectivity index (χ0v) is 7.88. The van der Waals surface area contributed by atoms with Gasteiger partial charge in [0.1, 0.15) is 12.7 Å². The monoisotopic (exact) mass is 189 g/mol. The molecule has 4 heteroatoms. The van der Waals surface area contributed by atoms with Crippen molar-refractivity contribution in [2.75, 3.05) is 0 Å². The number of aromatic nitrogens is 3. The molecule has 0 saturated carbocycles. The van der Waals surface area contributed by atoms with Gasteiger partial charge in [0.25, 0.3) is 0 Å². The molecule has 0 amide bonds. The summed E-state index contributed by atoms with van der Waals surface area (Å²) in [5.41, 5.74) is 2.97. The zero-order chi connectivity index (χ0) is 9.97. The third kappa shape index (κ3) is 1.52. The van der Waals surface area contributed by atoms with Gasteiger partial charge in [-0.3, -0.25) is 0 Å². The summed E-state index contributed by atoms with van der Waals surface area (Å²) in [5, 5.41) is 13.0. The minimum Gasteiger partial charge on any atom is -0.392 e. The topological polar surface area (TPSA) is 50.9 Å². The van der Waals surface area contributed by atoms with Gasteiger partial charge in [-0.2, -0.15) is 5.10 Å². The molecule has 0 spiro atoms. The van der Waals surface area contributed by atoms with Crippen LogP contribution in [0.25, 0.3) is 5.69 Å². The summed E-state index contributed by atoms with van der Waals surface area (Å²) < 4.78 is 1.70. The Bertz CT molecular complexity index is 423. The van der Waals surface area contributed by atoms with Crippen molar-refractivity contribution in [1.29, 1.82) is 0 Å². The molecule has 0 saturated heterocycles. The summed E-state index contributed by atoms with van der Waals surface area (Å²) in [7, 11) is 0. The van der Waals surface area contributed by atoms with Gasteiger partial charge in [-0.25, -0.2) is 9.67 Å². The lowest BCUT2D eigenvalue weighted by Crippen LogP contribution is -1.98. The van der Waals surface area contributed by atoms with E-state index in [-0.39, 0.29) is 6.61 Å². The van der Waals surface area contributed by atoms with Gasteiger partial charge < -0.3 is 5.11 Å². The predicted molar refractivity (Wildman–Crippen MR) is 52.0 cm³/mol. The normalized spacial score (nSPS) is 10.4. The molecule has 0 aliphatic carbocycles. The van der Waals surface area contributed by atoms with Crippen molar-refractivity contribution in [3.8, 4) is 5.69 Å². The Morgan fingerprint density at radius 2 is 2.29 bits per heavy atom. The fourth-order valence-electron chi connectivity index (χ4n) is 1.41. The molecule has 2 rings (SSSR count). The van der Waals surface area contributed by atoms with E-state index in [0.29, 0.717) is 0 Å². The first-order valence-electron chi connectivity index (χ1n) is 4.36. The number of hydrogen-bond donors (Lipinski definition) is 1. The van der Waals surface area contributed by atoms with Gasteiger partial charge in [0, 0.05) is 0 Å². The van der Waals surface area contributed by atoms with Crippen molar-refractivity contribution < 1.29 is 5.11 Å². The van der Waals surface area contributed by atoms with Crippen molar-refractivity contribution in [2.45, 2.75) is 13.5 Å². The van der Waals surface area contributed by atoms with E-state index >= 15 is 0 Å². The second kappa shape index (κ2) is 3.59. The van der Waals surface area contributed by atoms with Gasteiger partial charge in [-0.1, -0.05) is 12.1 Å². The van der Waals surface area contributed by atoms with E-state index in [0.717, 1.165) is 16.8 Å². The van der Waals surface area contributed by atoms with Crippen molar-refractivity contribution in [3.05, 3.63) is 42.0 Å². The molecule has 4 nitrogen and oxygen atoms in total. The number of aryl methyl sites for hydroxylation is 1. The average Bonchev–Trinajstić information content (AvgIpc) is 2.70. The molecule has 14 heavy (non-hydrogen) atoms. The van der Waals surface area contributed by atoms with Gasteiger partial charge >= 0.3 is 0 Å². The van der Waals surface area contributed by atoms with Crippen LogP contribution in [0.1, 0.15) is 11.1 Å². The number of rotatable bonds is 2. The molecule has 0 radical (unpaired) electrons. The maximum absolute atomic E-state index is 8.95. The highest BCUT2D eigenvalue weighted by atomic mass is 16.3. The third-order valence-electron chi connectivity index (χ3n) is 2.11. The Hall–Kier alpha value is -1.68. The Labute approximate surface area is 81.8 Å². The van der Waals surface area contributed by atoms with Gasteiger partial charge in [0.15, 0.2) is 0 Å². The van der Waals surface area contributed by atoms with Crippen LogP contribution in [0.2, 0.25) is 0 Å². The van der Waals surface area contributed by atoms with Crippen LogP contribution in [0.3, 0.4) is 0 Å². The first-order valence-corrected chi connectivity index (χ1v) is 4.36. The summed E-state index contributed by atoms with van der Waals surface area (Å²) in [6.07, 6.45) is 3.15. The van der Waals surface area contributed by atoms with Crippen molar-refractivity contribution >= 4 is 0 Å². The molecule has 0 aliphatic rings. The average molecular weight is 189 g/mol. The first kappa shape index (κ1) is 8.90. The Morgan fingerprint density at radius 3 is 2.86 bits per heavy atom. The quantitative estimate of drug-likeness (QED) is 0.768. The minimum absolute atomic E-state index is 0.0679. The van der Waals surface area contributed by atoms with Crippen LogP contribution in [0, 0.1) is 6.92 Å². The molecule has 0 aliphatic heterocycles. The second-order valence-electron chi connectivity index (χ2n) is 3.12. The van der Waals surface area contributed by atoms with Gasteiger partial charge in [0.05, 0.1) is 12.3 Å². The molecule has 1 heterocycles. The van der Waals surface area contributed by atoms with Crippen LogP contribution < -0.4 is 0 Å². The molecule has 0 atom stereocenters. The van der Waals surface area contributed by atoms with E-state index in [1.807, 2.05) is 25.1 Å². The van der Waals surface area contributed by atoms with Gasteiger partial charge in [-0.15, -0.1) is 0 Å². The van der Waals surface area contributed by atoms with E-state index in [1.165, 1.54) is 6.33 Å². The van der Waals surface area contributed by atoms with E-state index < -0.39 is 0 Å².